The first-order valence-corrected chi connectivity index (χ1v) is 8.86. The van der Waals surface area contributed by atoms with Crippen molar-refractivity contribution in [3.63, 3.8) is 0 Å². The Labute approximate surface area is 160 Å². The van der Waals surface area contributed by atoms with Crippen LogP contribution in [0.3, 0.4) is 0 Å². The first-order chi connectivity index (χ1) is 13.3. The molecule has 138 valence electrons. The van der Waals surface area contributed by atoms with Crippen LogP contribution in [-0.2, 0) is 13.1 Å². The van der Waals surface area contributed by atoms with Crippen LogP contribution in [0.4, 0.5) is 0 Å². The normalized spacial score (nSPS) is 10.7. The van der Waals surface area contributed by atoms with Crippen molar-refractivity contribution in [1.29, 1.82) is 0 Å². The van der Waals surface area contributed by atoms with Crippen LogP contribution in [-0.4, -0.2) is 25.4 Å². The second-order valence-electron chi connectivity index (χ2n) is 6.17. The lowest BCUT2D eigenvalue weighted by Crippen LogP contribution is -2.17. The Hall–Kier alpha value is -3.27. The third-order valence-electron chi connectivity index (χ3n) is 4.22. The van der Waals surface area contributed by atoms with Crippen LogP contribution in [0.25, 0.3) is 0 Å². The fourth-order valence-electron chi connectivity index (χ4n) is 2.71. The van der Waals surface area contributed by atoms with Gasteiger partial charge in [0.05, 0.1) is 33.5 Å². The van der Waals surface area contributed by atoms with Gasteiger partial charge in [-0.2, -0.15) is 5.10 Å². The van der Waals surface area contributed by atoms with Crippen molar-refractivity contribution < 1.29 is 9.47 Å². The molecule has 27 heavy (non-hydrogen) atoms. The maximum atomic E-state index is 5.24. The third-order valence-corrected chi connectivity index (χ3v) is 4.22. The molecule has 0 aliphatic carbocycles. The molecule has 0 bridgehead atoms. The average Bonchev–Trinajstić information content (AvgIpc) is 2.74. The number of hydrogen-bond donors (Lipinski definition) is 0. The number of nitrogens with zero attached hydrogens (tertiary/aromatic N) is 2. The molecule has 0 saturated carbocycles. The van der Waals surface area contributed by atoms with Crippen LogP contribution in [0, 0.1) is 0 Å². The fourth-order valence-corrected chi connectivity index (χ4v) is 2.71. The Morgan fingerprint density at radius 1 is 0.704 bits per heavy atom. The molecule has 0 N–H and O–H groups in total. The van der Waals surface area contributed by atoms with Crippen LogP contribution in [0.5, 0.6) is 11.5 Å². The number of ether oxygens (including phenoxy) is 2. The minimum absolute atomic E-state index is 0.708. The van der Waals surface area contributed by atoms with Crippen molar-refractivity contribution in [1.82, 2.24) is 5.01 Å². The van der Waals surface area contributed by atoms with E-state index in [9.17, 15) is 0 Å². The fraction of sp³-hybridized carbons (Fsp3) is 0.174. The molecule has 0 atom stereocenters. The van der Waals surface area contributed by atoms with Gasteiger partial charge in [-0.25, -0.2) is 0 Å². The van der Waals surface area contributed by atoms with Gasteiger partial charge in [-0.1, -0.05) is 54.6 Å². The molecule has 0 saturated heterocycles. The molecule has 0 fully saturated rings. The topological polar surface area (TPSA) is 34.1 Å². The molecule has 0 aliphatic heterocycles. The first-order valence-electron chi connectivity index (χ1n) is 8.86. The summed E-state index contributed by atoms with van der Waals surface area (Å²) in [4.78, 5) is 0. The van der Waals surface area contributed by atoms with Crippen LogP contribution >= 0.6 is 0 Å². The standard InChI is InChI=1S/C23H24N2O2/c1-26-22-12-8-20(9-13-22)17-25(24-16-19-6-4-3-5-7-19)18-21-10-14-23(27-2)15-11-21/h3-16H,17-18H2,1-2H3. The smallest absolute Gasteiger partial charge is 0.118 e. The highest BCUT2D eigenvalue weighted by Crippen LogP contribution is 2.17. The van der Waals surface area contributed by atoms with Crippen molar-refractivity contribution >= 4 is 6.21 Å². The second-order valence-corrected chi connectivity index (χ2v) is 6.17. The molecule has 3 aromatic rings. The van der Waals surface area contributed by atoms with Crippen molar-refractivity contribution in [3.05, 3.63) is 95.6 Å². The minimum Gasteiger partial charge on any atom is -0.497 e. The Bertz CT molecular complexity index is 794. The Morgan fingerprint density at radius 2 is 1.19 bits per heavy atom. The quantitative estimate of drug-likeness (QED) is 0.430. The first kappa shape index (κ1) is 18.5. The lowest BCUT2D eigenvalue weighted by atomic mass is 10.2. The monoisotopic (exact) mass is 360 g/mol. The predicted octanol–water partition coefficient (Wildman–Crippen LogP) is 4.74. The zero-order chi connectivity index (χ0) is 18.9. The van der Waals surface area contributed by atoms with Gasteiger partial charge in [-0.3, -0.25) is 5.01 Å². The Morgan fingerprint density at radius 3 is 1.63 bits per heavy atom. The van der Waals surface area contributed by atoms with Crippen LogP contribution < -0.4 is 9.47 Å². The van der Waals surface area contributed by atoms with Gasteiger partial charge >= 0.3 is 0 Å². The van der Waals surface area contributed by atoms with Gasteiger partial charge in [0.25, 0.3) is 0 Å². The highest BCUT2D eigenvalue weighted by molar-refractivity contribution is 5.79. The van der Waals surface area contributed by atoms with E-state index in [1.807, 2.05) is 60.8 Å². The maximum Gasteiger partial charge on any atom is 0.118 e. The van der Waals surface area contributed by atoms with Gasteiger partial charge in [-0.15, -0.1) is 0 Å². The van der Waals surface area contributed by atoms with Crippen molar-refractivity contribution in [2.75, 3.05) is 14.2 Å². The second kappa shape index (κ2) is 9.43. The summed E-state index contributed by atoms with van der Waals surface area (Å²) >= 11 is 0. The van der Waals surface area contributed by atoms with E-state index in [-0.39, 0.29) is 0 Å². The molecule has 0 amide bonds. The summed E-state index contributed by atoms with van der Waals surface area (Å²) in [6.07, 6.45) is 1.90. The van der Waals surface area contributed by atoms with Crippen LogP contribution in [0.1, 0.15) is 16.7 Å². The number of rotatable bonds is 8. The molecular weight excluding hydrogens is 336 g/mol. The van der Waals surface area contributed by atoms with Crippen molar-refractivity contribution in [2.45, 2.75) is 13.1 Å². The zero-order valence-corrected chi connectivity index (χ0v) is 15.7. The summed E-state index contributed by atoms with van der Waals surface area (Å²) in [5.41, 5.74) is 3.43. The predicted molar refractivity (Wildman–Crippen MR) is 109 cm³/mol. The number of benzene rings is 3. The highest BCUT2D eigenvalue weighted by atomic mass is 16.5. The van der Waals surface area contributed by atoms with Gasteiger partial charge in [0.15, 0.2) is 0 Å². The van der Waals surface area contributed by atoms with Crippen LogP contribution in [0.15, 0.2) is 84.0 Å². The van der Waals surface area contributed by atoms with E-state index in [0.717, 1.165) is 17.1 Å². The molecule has 4 heteroatoms. The summed E-state index contributed by atoms with van der Waals surface area (Å²) in [7, 11) is 3.35. The molecule has 3 rings (SSSR count). The summed E-state index contributed by atoms with van der Waals surface area (Å²) in [5, 5.41) is 6.77. The molecule has 0 aromatic heterocycles. The van der Waals surface area contributed by atoms with Crippen LogP contribution in [0.2, 0.25) is 0 Å². The van der Waals surface area contributed by atoms with Gasteiger partial charge in [0.2, 0.25) is 0 Å². The van der Waals surface area contributed by atoms with E-state index in [1.54, 1.807) is 14.2 Å². The number of hydrogen-bond acceptors (Lipinski definition) is 4. The molecule has 0 radical (unpaired) electrons. The lowest BCUT2D eigenvalue weighted by Gasteiger charge is -2.20. The summed E-state index contributed by atoms with van der Waals surface area (Å²) in [6, 6.07) is 26.3. The van der Waals surface area contributed by atoms with E-state index >= 15 is 0 Å². The molecule has 0 spiro atoms. The Balaban J connectivity index is 1.76. The van der Waals surface area contributed by atoms with E-state index in [1.165, 1.54) is 11.1 Å². The number of hydrazone groups is 1. The molecule has 4 nitrogen and oxygen atoms in total. The van der Waals surface area contributed by atoms with E-state index in [0.29, 0.717) is 13.1 Å². The zero-order valence-electron chi connectivity index (χ0n) is 15.7. The lowest BCUT2D eigenvalue weighted by molar-refractivity contribution is 0.272. The highest BCUT2D eigenvalue weighted by Gasteiger charge is 2.05. The van der Waals surface area contributed by atoms with Gasteiger partial charge in [0.1, 0.15) is 11.5 Å². The number of methoxy groups -OCH3 is 2. The van der Waals surface area contributed by atoms with Crippen molar-refractivity contribution in [2.24, 2.45) is 5.10 Å². The van der Waals surface area contributed by atoms with Gasteiger partial charge in [0, 0.05) is 0 Å². The van der Waals surface area contributed by atoms with Gasteiger partial charge in [-0.05, 0) is 41.0 Å². The maximum absolute atomic E-state index is 5.24. The molecule has 0 aliphatic rings. The van der Waals surface area contributed by atoms with Gasteiger partial charge < -0.3 is 9.47 Å². The third kappa shape index (κ3) is 5.61. The Kier molecular flexibility index (Phi) is 6.47. The molecule has 0 heterocycles. The van der Waals surface area contributed by atoms with E-state index in [2.05, 4.69) is 29.3 Å². The minimum atomic E-state index is 0.708. The summed E-state index contributed by atoms with van der Waals surface area (Å²) in [6.45, 7) is 1.42. The van der Waals surface area contributed by atoms with E-state index < -0.39 is 0 Å². The molecule has 3 aromatic carbocycles. The SMILES string of the molecule is COc1ccc(CN(Cc2ccc(OC)cc2)N=Cc2ccccc2)cc1. The summed E-state index contributed by atoms with van der Waals surface area (Å²) < 4.78 is 10.5. The summed E-state index contributed by atoms with van der Waals surface area (Å²) in [5.74, 6) is 1.71. The molecular formula is C23H24N2O2. The molecule has 0 unspecified atom stereocenters. The largest absolute Gasteiger partial charge is 0.497 e. The average molecular weight is 360 g/mol. The van der Waals surface area contributed by atoms with Crippen molar-refractivity contribution in [3.8, 4) is 11.5 Å². The van der Waals surface area contributed by atoms with E-state index in [4.69, 9.17) is 14.6 Å².